The molecule has 2 heterocycles. The molecule has 3 aromatic rings. The van der Waals surface area contributed by atoms with Gasteiger partial charge in [0.05, 0.1) is 6.21 Å². The number of hydrazone groups is 1. The van der Waals surface area contributed by atoms with Gasteiger partial charge < -0.3 is 4.74 Å². The minimum absolute atomic E-state index is 0.287. The van der Waals surface area contributed by atoms with Crippen LogP contribution in [0.15, 0.2) is 71.3 Å². The molecule has 0 atom stereocenters. The average molecular weight is 351 g/mol. The van der Waals surface area contributed by atoms with E-state index in [-0.39, 0.29) is 11.7 Å². The van der Waals surface area contributed by atoms with E-state index >= 15 is 0 Å². The fourth-order valence-corrected chi connectivity index (χ4v) is 2.49. The van der Waals surface area contributed by atoms with Crippen molar-refractivity contribution in [3.05, 3.63) is 82.3 Å². The summed E-state index contributed by atoms with van der Waals surface area (Å²) >= 11 is 1.32. The van der Waals surface area contributed by atoms with E-state index in [2.05, 4.69) is 15.5 Å². The number of carbonyl (C=O) groups is 2. The Kier molecular flexibility index (Phi) is 5.28. The minimum atomic E-state index is -0.390. The van der Waals surface area contributed by atoms with Crippen molar-refractivity contribution < 1.29 is 14.3 Å². The van der Waals surface area contributed by atoms with E-state index in [0.29, 0.717) is 10.6 Å². The number of pyridine rings is 1. The van der Waals surface area contributed by atoms with Crippen LogP contribution in [0.4, 0.5) is 0 Å². The van der Waals surface area contributed by atoms with Gasteiger partial charge in [0.1, 0.15) is 16.3 Å². The predicted octanol–water partition coefficient (Wildman–Crippen LogP) is 3.13. The molecule has 0 unspecified atom stereocenters. The number of hydrogen-bond acceptors (Lipinski definition) is 6. The molecule has 0 saturated carbocycles. The summed E-state index contributed by atoms with van der Waals surface area (Å²) in [5, 5.41) is 5.69. The number of thiophene rings is 1. The van der Waals surface area contributed by atoms with Crippen molar-refractivity contribution in [1.29, 1.82) is 0 Å². The first-order valence-electron chi connectivity index (χ1n) is 7.32. The predicted molar refractivity (Wildman–Crippen MR) is 95.0 cm³/mol. The summed E-state index contributed by atoms with van der Waals surface area (Å²) in [5.74, 6) is -0.342. The Morgan fingerprint density at radius 3 is 2.60 bits per heavy atom. The molecule has 3 rings (SSSR count). The van der Waals surface area contributed by atoms with E-state index in [1.807, 2.05) is 5.38 Å². The van der Waals surface area contributed by atoms with Crippen LogP contribution in [0.5, 0.6) is 5.75 Å². The van der Waals surface area contributed by atoms with Gasteiger partial charge in [0, 0.05) is 6.20 Å². The SMILES string of the molecule is O=C(N/N=C/c1ccc(OC(=O)c2cccs2)cc1)c1ccccn1. The molecule has 6 nitrogen and oxygen atoms in total. The summed E-state index contributed by atoms with van der Waals surface area (Å²) in [4.78, 5) is 28.1. The Balaban J connectivity index is 1.55. The lowest BCUT2D eigenvalue weighted by molar-refractivity contribution is 0.0739. The van der Waals surface area contributed by atoms with Crippen molar-refractivity contribution in [3.8, 4) is 5.75 Å². The summed E-state index contributed by atoms with van der Waals surface area (Å²) in [5.41, 5.74) is 3.43. The maximum absolute atomic E-state index is 11.9. The molecule has 2 aromatic heterocycles. The zero-order valence-corrected chi connectivity index (χ0v) is 13.8. The highest BCUT2D eigenvalue weighted by Gasteiger charge is 2.09. The molecule has 1 amide bonds. The van der Waals surface area contributed by atoms with E-state index in [1.165, 1.54) is 23.7 Å². The Bertz CT molecular complexity index is 876. The first kappa shape index (κ1) is 16.5. The molecule has 0 fully saturated rings. The third-order valence-corrected chi connectivity index (χ3v) is 3.94. The van der Waals surface area contributed by atoms with Gasteiger partial charge >= 0.3 is 5.97 Å². The molecule has 1 aromatic carbocycles. The van der Waals surface area contributed by atoms with Gasteiger partial charge in [0.15, 0.2) is 0 Å². The zero-order chi connectivity index (χ0) is 17.5. The lowest BCUT2D eigenvalue weighted by Gasteiger charge is -2.03. The number of carbonyl (C=O) groups excluding carboxylic acids is 2. The summed E-state index contributed by atoms with van der Waals surface area (Å²) in [6, 6.07) is 15.3. The highest BCUT2D eigenvalue weighted by atomic mass is 32.1. The Morgan fingerprint density at radius 2 is 1.92 bits per heavy atom. The maximum atomic E-state index is 11.9. The molecule has 0 aliphatic heterocycles. The number of ether oxygens (including phenoxy) is 1. The summed E-state index contributed by atoms with van der Waals surface area (Å²) in [6.45, 7) is 0. The molecular formula is C18H13N3O3S. The quantitative estimate of drug-likeness (QED) is 0.331. The van der Waals surface area contributed by atoms with Gasteiger partial charge in [0.2, 0.25) is 0 Å². The lowest BCUT2D eigenvalue weighted by atomic mass is 10.2. The van der Waals surface area contributed by atoms with E-state index in [9.17, 15) is 9.59 Å². The monoisotopic (exact) mass is 351 g/mol. The number of hydrogen-bond donors (Lipinski definition) is 1. The third-order valence-electron chi connectivity index (χ3n) is 3.09. The molecule has 0 bridgehead atoms. The first-order chi connectivity index (χ1) is 12.2. The second-order valence-corrected chi connectivity index (χ2v) is 5.80. The second kappa shape index (κ2) is 7.98. The number of amides is 1. The van der Waals surface area contributed by atoms with Crippen LogP contribution in [0.2, 0.25) is 0 Å². The molecule has 25 heavy (non-hydrogen) atoms. The molecule has 0 spiro atoms. The fraction of sp³-hybridized carbons (Fsp3) is 0. The van der Waals surface area contributed by atoms with Gasteiger partial charge in [-0.05, 0) is 53.4 Å². The lowest BCUT2D eigenvalue weighted by Crippen LogP contribution is -2.18. The van der Waals surface area contributed by atoms with Crippen molar-refractivity contribution >= 4 is 29.4 Å². The highest BCUT2D eigenvalue weighted by Crippen LogP contribution is 2.16. The number of nitrogens with zero attached hydrogens (tertiary/aromatic N) is 2. The average Bonchev–Trinajstić information content (AvgIpc) is 3.19. The van der Waals surface area contributed by atoms with E-state index < -0.39 is 5.91 Å². The van der Waals surface area contributed by atoms with Gasteiger partial charge in [0.25, 0.3) is 5.91 Å². The minimum Gasteiger partial charge on any atom is -0.422 e. The molecule has 0 radical (unpaired) electrons. The first-order valence-corrected chi connectivity index (χ1v) is 8.20. The molecule has 0 aliphatic carbocycles. The Labute approximate surface area is 147 Å². The highest BCUT2D eigenvalue weighted by molar-refractivity contribution is 7.12. The summed E-state index contributed by atoms with van der Waals surface area (Å²) in [7, 11) is 0. The molecular weight excluding hydrogens is 338 g/mol. The van der Waals surface area contributed by atoms with Crippen molar-refractivity contribution in [1.82, 2.24) is 10.4 Å². The number of rotatable bonds is 5. The molecule has 1 N–H and O–H groups in total. The van der Waals surface area contributed by atoms with Crippen molar-refractivity contribution in [2.24, 2.45) is 5.10 Å². The van der Waals surface area contributed by atoms with E-state index in [4.69, 9.17) is 4.74 Å². The second-order valence-electron chi connectivity index (χ2n) is 4.85. The van der Waals surface area contributed by atoms with E-state index in [1.54, 1.807) is 54.6 Å². The van der Waals surface area contributed by atoms with Crippen LogP contribution in [0.1, 0.15) is 25.7 Å². The van der Waals surface area contributed by atoms with Crippen LogP contribution in [0.25, 0.3) is 0 Å². The topological polar surface area (TPSA) is 80.6 Å². The van der Waals surface area contributed by atoms with Crippen molar-refractivity contribution in [2.45, 2.75) is 0 Å². The number of esters is 1. The summed E-state index contributed by atoms with van der Waals surface area (Å²) in [6.07, 6.45) is 3.03. The van der Waals surface area contributed by atoms with Crippen molar-refractivity contribution in [3.63, 3.8) is 0 Å². The van der Waals surface area contributed by atoms with Gasteiger partial charge in [-0.25, -0.2) is 10.2 Å². The normalized spacial score (nSPS) is 10.6. The standard InChI is InChI=1S/C18H13N3O3S/c22-17(15-4-1-2-10-19-15)21-20-12-13-6-8-14(9-7-13)24-18(23)16-5-3-11-25-16/h1-12H,(H,21,22)/b20-12+. The van der Waals surface area contributed by atoms with Crippen molar-refractivity contribution in [2.75, 3.05) is 0 Å². The molecule has 7 heteroatoms. The van der Waals surface area contributed by atoms with Gasteiger partial charge in [-0.2, -0.15) is 5.10 Å². The van der Waals surface area contributed by atoms with Crippen LogP contribution in [-0.2, 0) is 0 Å². The molecule has 0 saturated heterocycles. The van der Waals surface area contributed by atoms with Gasteiger partial charge in [-0.3, -0.25) is 9.78 Å². The fourth-order valence-electron chi connectivity index (χ4n) is 1.89. The van der Waals surface area contributed by atoms with E-state index in [0.717, 1.165) is 5.56 Å². The summed E-state index contributed by atoms with van der Waals surface area (Å²) < 4.78 is 5.26. The third kappa shape index (κ3) is 4.58. The smallest absolute Gasteiger partial charge is 0.353 e. The molecule has 124 valence electrons. The zero-order valence-electron chi connectivity index (χ0n) is 13.0. The number of aromatic nitrogens is 1. The van der Waals surface area contributed by atoms with Crippen LogP contribution >= 0.6 is 11.3 Å². The number of benzene rings is 1. The van der Waals surface area contributed by atoms with Gasteiger partial charge in [-0.15, -0.1) is 11.3 Å². The van der Waals surface area contributed by atoms with Gasteiger partial charge in [-0.1, -0.05) is 12.1 Å². The van der Waals surface area contributed by atoms with Crippen LogP contribution in [0, 0.1) is 0 Å². The van der Waals surface area contributed by atoms with Crippen LogP contribution in [0.3, 0.4) is 0 Å². The maximum Gasteiger partial charge on any atom is 0.353 e. The largest absolute Gasteiger partial charge is 0.422 e. The van der Waals surface area contributed by atoms with Crippen LogP contribution in [-0.4, -0.2) is 23.1 Å². The van der Waals surface area contributed by atoms with Crippen LogP contribution < -0.4 is 10.2 Å². The molecule has 0 aliphatic rings. The Hall–Kier alpha value is -3.32. The number of nitrogens with one attached hydrogen (secondary N) is 1. The Morgan fingerprint density at radius 1 is 1.08 bits per heavy atom.